The molecular formula is C14H22N2O. The summed E-state index contributed by atoms with van der Waals surface area (Å²) >= 11 is 0. The number of nitrogens with zero attached hydrogens (tertiary/aromatic N) is 2. The van der Waals surface area contributed by atoms with E-state index in [2.05, 4.69) is 16.8 Å². The Labute approximate surface area is 103 Å². The predicted molar refractivity (Wildman–Crippen MR) is 70.1 cm³/mol. The molecule has 1 heterocycles. The smallest absolute Gasteiger partial charge is 0.129 e. The molecule has 3 heteroatoms. The molecule has 0 aromatic carbocycles. The highest BCUT2D eigenvalue weighted by Crippen LogP contribution is 2.28. The molecule has 1 aromatic rings. The summed E-state index contributed by atoms with van der Waals surface area (Å²) in [6, 6.07) is 4.54. The van der Waals surface area contributed by atoms with Crippen LogP contribution < -0.4 is 4.90 Å². The molecule has 1 aliphatic rings. The van der Waals surface area contributed by atoms with Crippen molar-refractivity contribution in [2.45, 2.75) is 51.7 Å². The van der Waals surface area contributed by atoms with Gasteiger partial charge in [-0.25, -0.2) is 4.98 Å². The summed E-state index contributed by atoms with van der Waals surface area (Å²) in [6.07, 6.45) is 6.59. The molecule has 94 valence electrons. The maximum atomic E-state index is 9.62. The highest BCUT2D eigenvalue weighted by atomic mass is 16.3. The largest absolute Gasteiger partial charge is 0.389 e. The number of aliphatic hydroxyl groups excluding tert-OH is 1. The molecule has 0 radical (unpaired) electrons. The average molecular weight is 234 g/mol. The summed E-state index contributed by atoms with van der Waals surface area (Å²) < 4.78 is 0. The molecule has 1 fully saturated rings. The number of rotatable bonds is 4. The van der Waals surface area contributed by atoms with Gasteiger partial charge in [-0.15, -0.1) is 0 Å². The van der Waals surface area contributed by atoms with E-state index in [0.717, 1.165) is 17.9 Å². The number of aliphatic hydroxyl groups is 1. The predicted octanol–water partition coefficient (Wildman–Crippen LogP) is 2.90. The SMILES string of the molecule is CCN(c1cc([C@H](C)O)ccn1)C1CCCC1. The van der Waals surface area contributed by atoms with Gasteiger partial charge in [0.05, 0.1) is 6.10 Å². The highest BCUT2D eigenvalue weighted by Gasteiger charge is 2.22. The van der Waals surface area contributed by atoms with Crippen molar-refractivity contribution in [1.82, 2.24) is 4.98 Å². The van der Waals surface area contributed by atoms with Crippen molar-refractivity contribution in [3.63, 3.8) is 0 Å². The van der Waals surface area contributed by atoms with Crippen LogP contribution in [0.5, 0.6) is 0 Å². The van der Waals surface area contributed by atoms with Crippen LogP contribution in [-0.2, 0) is 0 Å². The minimum atomic E-state index is -0.418. The third kappa shape index (κ3) is 2.78. The lowest BCUT2D eigenvalue weighted by atomic mass is 10.1. The maximum absolute atomic E-state index is 9.62. The maximum Gasteiger partial charge on any atom is 0.129 e. The fourth-order valence-corrected chi connectivity index (χ4v) is 2.67. The van der Waals surface area contributed by atoms with E-state index < -0.39 is 6.10 Å². The first-order valence-electron chi connectivity index (χ1n) is 6.63. The van der Waals surface area contributed by atoms with Gasteiger partial charge in [-0.3, -0.25) is 0 Å². The Morgan fingerprint density at radius 1 is 1.47 bits per heavy atom. The molecule has 0 saturated heterocycles. The molecule has 0 bridgehead atoms. The van der Waals surface area contributed by atoms with Crippen molar-refractivity contribution in [2.24, 2.45) is 0 Å². The summed E-state index contributed by atoms with van der Waals surface area (Å²) in [5.74, 6) is 1.01. The van der Waals surface area contributed by atoms with Crippen LogP contribution in [-0.4, -0.2) is 22.7 Å². The van der Waals surface area contributed by atoms with Crippen LogP contribution in [0.3, 0.4) is 0 Å². The first-order chi connectivity index (χ1) is 8.22. The lowest BCUT2D eigenvalue weighted by Gasteiger charge is -2.29. The van der Waals surface area contributed by atoms with E-state index in [4.69, 9.17) is 0 Å². The third-order valence-corrected chi connectivity index (χ3v) is 3.65. The minimum absolute atomic E-state index is 0.418. The van der Waals surface area contributed by atoms with E-state index in [1.54, 1.807) is 13.1 Å². The Bertz CT molecular complexity index is 359. The Balaban J connectivity index is 2.20. The second kappa shape index (κ2) is 5.50. The molecule has 0 aliphatic heterocycles. The van der Waals surface area contributed by atoms with Crippen LogP contribution in [0.1, 0.15) is 51.2 Å². The number of hydrogen-bond acceptors (Lipinski definition) is 3. The topological polar surface area (TPSA) is 36.4 Å². The molecule has 1 atom stereocenters. The van der Waals surface area contributed by atoms with Crippen LogP contribution in [0.4, 0.5) is 5.82 Å². The van der Waals surface area contributed by atoms with Crippen molar-refractivity contribution in [3.8, 4) is 0 Å². The van der Waals surface area contributed by atoms with Crippen molar-refractivity contribution < 1.29 is 5.11 Å². The molecule has 0 unspecified atom stereocenters. The fourth-order valence-electron chi connectivity index (χ4n) is 2.67. The molecule has 1 saturated carbocycles. The van der Waals surface area contributed by atoms with Gasteiger partial charge in [-0.05, 0) is 44.4 Å². The molecule has 0 amide bonds. The molecule has 2 rings (SSSR count). The summed E-state index contributed by atoms with van der Waals surface area (Å²) in [7, 11) is 0. The number of aromatic nitrogens is 1. The highest BCUT2D eigenvalue weighted by molar-refractivity contribution is 5.42. The second-order valence-electron chi connectivity index (χ2n) is 4.85. The summed E-state index contributed by atoms with van der Waals surface area (Å²) in [5, 5.41) is 9.62. The van der Waals surface area contributed by atoms with E-state index in [9.17, 15) is 5.11 Å². The van der Waals surface area contributed by atoms with Gasteiger partial charge < -0.3 is 10.0 Å². The van der Waals surface area contributed by atoms with E-state index in [1.165, 1.54) is 25.7 Å². The van der Waals surface area contributed by atoms with Crippen LogP contribution in [0, 0.1) is 0 Å². The van der Waals surface area contributed by atoms with E-state index >= 15 is 0 Å². The lowest BCUT2D eigenvalue weighted by molar-refractivity contribution is 0.199. The molecular weight excluding hydrogens is 212 g/mol. The van der Waals surface area contributed by atoms with Crippen molar-refractivity contribution >= 4 is 5.82 Å². The Hall–Kier alpha value is -1.09. The van der Waals surface area contributed by atoms with Gasteiger partial charge in [-0.2, -0.15) is 0 Å². The van der Waals surface area contributed by atoms with Crippen LogP contribution >= 0.6 is 0 Å². The summed E-state index contributed by atoms with van der Waals surface area (Å²) in [5.41, 5.74) is 0.950. The third-order valence-electron chi connectivity index (χ3n) is 3.65. The van der Waals surface area contributed by atoms with Gasteiger partial charge in [0.1, 0.15) is 5.82 Å². The molecule has 1 N–H and O–H groups in total. The van der Waals surface area contributed by atoms with Gasteiger partial charge in [0.25, 0.3) is 0 Å². The van der Waals surface area contributed by atoms with Gasteiger partial charge in [0, 0.05) is 18.8 Å². The Morgan fingerprint density at radius 2 is 2.18 bits per heavy atom. The zero-order valence-corrected chi connectivity index (χ0v) is 10.8. The van der Waals surface area contributed by atoms with Crippen LogP contribution in [0.25, 0.3) is 0 Å². The standard InChI is InChI=1S/C14H22N2O/c1-3-16(13-6-4-5-7-13)14-10-12(11(2)17)8-9-15-14/h8-11,13,17H,3-7H2,1-2H3/t11-/m0/s1. The monoisotopic (exact) mass is 234 g/mol. The number of hydrogen-bond donors (Lipinski definition) is 1. The Kier molecular flexibility index (Phi) is 4.00. The van der Waals surface area contributed by atoms with Gasteiger partial charge in [-0.1, -0.05) is 12.8 Å². The van der Waals surface area contributed by atoms with E-state index in [1.807, 2.05) is 12.1 Å². The zero-order valence-electron chi connectivity index (χ0n) is 10.8. The van der Waals surface area contributed by atoms with Gasteiger partial charge >= 0.3 is 0 Å². The minimum Gasteiger partial charge on any atom is -0.389 e. The molecule has 1 aliphatic carbocycles. The fraction of sp³-hybridized carbons (Fsp3) is 0.643. The lowest BCUT2D eigenvalue weighted by Crippen LogP contribution is -2.33. The van der Waals surface area contributed by atoms with E-state index in [-0.39, 0.29) is 0 Å². The summed E-state index contributed by atoms with van der Waals surface area (Å²) in [4.78, 5) is 6.83. The zero-order chi connectivity index (χ0) is 12.3. The van der Waals surface area contributed by atoms with Crippen LogP contribution in [0.2, 0.25) is 0 Å². The Morgan fingerprint density at radius 3 is 2.76 bits per heavy atom. The number of pyridine rings is 1. The number of anilines is 1. The average Bonchev–Trinajstić information content (AvgIpc) is 2.84. The molecule has 1 aromatic heterocycles. The molecule has 3 nitrogen and oxygen atoms in total. The van der Waals surface area contributed by atoms with Crippen molar-refractivity contribution in [2.75, 3.05) is 11.4 Å². The first-order valence-corrected chi connectivity index (χ1v) is 6.63. The normalized spacial score (nSPS) is 18.3. The quantitative estimate of drug-likeness (QED) is 0.870. The second-order valence-corrected chi connectivity index (χ2v) is 4.85. The van der Waals surface area contributed by atoms with Gasteiger partial charge in [0.15, 0.2) is 0 Å². The summed E-state index contributed by atoms with van der Waals surface area (Å²) in [6.45, 7) is 4.96. The van der Waals surface area contributed by atoms with Crippen molar-refractivity contribution in [1.29, 1.82) is 0 Å². The first kappa shape index (κ1) is 12.4. The molecule has 17 heavy (non-hydrogen) atoms. The van der Waals surface area contributed by atoms with E-state index in [0.29, 0.717) is 6.04 Å². The van der Waals surface area contributed by atoms with Crippen molar-refractivity contribution in [3.05, 3.63) is 23.9 Å². The van der Waals surface area contributed by atoms with Crippen LogP contribution in [0.15, 0.2) is 18.3 Å². The molecule has 0 spiro atoms. The van der Waals surface area contributed by atoms with Gasteiger partial charge in [0.2, 0.25) is 0 Å².